The summed E-state index contributed by atoms with van der Waals surface area (Å²) < 4.78 is 0. The molecule has 1 amide bonds. The Morgan fingerprint density at radius 2 is 2.40 bits per heavy atom. The zero-order valence-corrected chi connectivity index (χ0v) is 13.3. The Morgan fingerprint density at radius 1 is 1.55 bits per heavy atom. The number of carbonyl (C=O) groups excluding carboxylic acids is 1. The van der Waals surface area contributed by atoms with Crippen molar-refractivity contribution in [2.24, 2.45) is 11.8 Å². The Balaban J connectivity index is 1.71. The first-order valence-corrected chi connectivity index (χ1v) is 8.55. The van der Waals surface area contributed by atoms with Crippen molar-refractivity contribution in [1.29, 1.82) is 0 Å². The van der Waals surface area contributed by atoms with Crippen LogP contribution < -0.4 is 10.6 Å². The van der Waals surface area contributed by atoms with Gasteiger partial charge in [-0.2, -0.15) is 0 Å². The molecule has 112 valence electrons. The second-order valence-corrected chi connectivity index (χ2v) is 7.07. The molecule has 1 aromatic heterocycles. The lowest BCUT2D eigenvalue weighted by molar-refractivity contribution is -0.122. The van der Waals surface area contributed by atoms with Crippen LogP contribution in [0.25, 0.3) is 0 Å². The normalized spacial score (nSPS) is 22.2. The summed E-state index contributed by atoms with van der Waals surface area (Å²) in [5, 5.41) is 8.65. The zero-order chi connectivity index (χ0) is 14.4. The highest BCUT2D eigenvalue weighted by Crippen LogP contribution is 2.22. The maximum absolute atomic E-state index is 12.1. The van der Waals surface area contributed by atoms with E-state index in [1.807, 2.05) is 0 Å². The van der Waals surface area contributed by atoms with E-state index in [2.05, 4.69) is 42.0 Å². The van der Waals surface area contributed by atoms with Gasteiger partial charge in [0.2, 0.25) is 5.91 Å². The number of piperidine rings is 1. The van der Waals surface area contributed by atoms with Crippen LogP contribution in [0.15, 0.2) is 17.5 Å². The molecule has 1 aliphatic rings. The van der Waals surface area contributed by atoms with E-state index in [9.17, 15) is 4.79 Å². The predicted molar refractivity (Wildman–Crippen MR) is 85.0 cm³/mol. The van der Waals surface area contributed by atoms with E-state index in [4.69, 9.17) is 0 Å². The van der Waals surface area contributed by atoms with Crippen LogP contribution in [0.2, 0.25) is 0 Å². The van der Waals surface area contributed by atoms with Crippen molar-refractivity contribution in [1.82, 2.24) is 10.6 Å². The Kier molecular flexibility index (Phi) is 6.05. The second-order valence-electron chi connectivity index (χ2n) is 6.04. The first-order valence-electron chi connectivity index (χ1n) is 7.67. The highest BCUT2D eigenvalue weighted by molar-refractivity contribution is 7.09. The Bertz CT molecular complexity index is 399. The van der Waals surface area contributed by atoms with Gasteiger partial charge in [-0.1, -0.05) is 13.0 Å². The lowest BCUT2D eigenvalue weighted by Gasteiger charge is -2.28. The van der Waals surface area contributed by atoms with Crippen molar-refractivity contribution in [3.8, 4) is 0 Å². The van der Waals surface area contributed by atoms with E-state index in [1.54, 1.807) is 11.3 Å². The van der Waals surface area contributed by atoms with Crippen LogP contribution in [0.4, 0.5) is 0 Å². The first-order chi connectivity index (χ1) is 9.65. The number of amides is 1. The minimum absolute atomic E-state index is 0.201. The minimum atomic E-state index is 0.201. The summed E-state index contributed by atoms with van der Waals surface area (Å²) in [6, 6.07) is 4.41. The van der Waals surface area contributed by atoms with Crippen LogP contribution in [0, 0.1) is 11.8 Å². The average molecular weight is 294 g/mol. The van der Waals surface area contributed by atoms with E-state index in [-0.39, 0.29) is 11.9 Å². The maximum Gasteiger partial charge on any atom is 0.220 e. The van der Waals surface area contributed by atoms with E-state index in [1.165, 1.54) is 17.7 Å². The number of rotatable bonds is 6. The number of hydrogen-bond donors (Lipinski definition) is 2. The van der Waals surface area contributed by atoms with Gasteiger partial charge in [0.15, 0.2) is 0 Å². The summed E-state index contributed by atoms with van der Waals surface area (Å²) in [5.74, 6) is 1.32. The number of carbonyl (C=O) groups is 1. The van der Waals surface area contributed by atoms with E-state index >= 15 is 0 Å². The first kappa shape index (κ1) is 15.5. The lowest BCUT2D eigenvalue weighted by atomic mass is 9.85. The van der Waals surface area contributed by atoms with Gasteiger partial charge in [0.1, 0.15) is 0 Å². The molecule has 0 aliphatic carbocycles. The third kappa shape index (κ3) is 4.91. The topological polar surface area (TPSA) is 41.1 Å². The van der Waals surface area contributed by atoms with Crippen LogP contribution in [-0.2, 0) is 11.2 Å². The van der Waals surface area contributed by atoms with Gasteiger partial charge in [-0.05, 0) is 56.1 Å². The monoisotopic (exact) mass is 294 g/mol. The van der Waals surface area contributed by atoms with Gasteiger partial charge < -0.3 is 10.6 Å². The highest BCUT2D eigenvalue weighted by Gasteiger charge is 2.22. The summed E-state index contributed by atoms with van der Waals surface area (Å²) in [5.41, 5.74) is 0. The predicted octanol–water partition coefficient (Wildman–Crippen LogP) is 2.82. The van der Waals surface area contributed by atoms with Crippen molar-refractivity contribution in [3.05, 3.63) is 22.4 Å². The molecule has 2 heterocycles. The van der Waals surface area contributed by atoms with Crippen LogP contribution in [0.1, 0.15) is 38.0 Å². The fraction of sp³-hybridized carbons (Fsp3) is 0.688. The molecule has 2 rings (SSSR count). The molecule has 1 saturated heterocycles. The second kappa shape index (κ2) is 7.79. The molecule has 2 N–H and O–H groups in total. The third-order valence-corrected chi connectivity index (χ3v) is 5.04. The molecule has 20 heavy (non-hydrogen) atoms. The van der Waals surface area contributed by atoms with Crippen LogP contribution in [0.3, 0.4) is 0 Å². The van der Waals surface area contributed by atoms with E-state index in [0.29, 0.717) is 18.3 Å². The fourth-order valence-electron chi connectivity index (χ4n) is 2.94. The molecule has 3 nitrogen and oxygen atoms in total. The van der Waals surface area contributed by atoms with Crippen LogP contribution >= 0.6 is 11.3 Å². The molecule has 0 saturated carbocycles. The largest absolute Gasteiger partial charge is 0.353 e. The fourth-order valence-corrected chi connectivity index (χ4v) is 3.77. The standard InChI is InChI=1S/C16H26N2OS/c1-12(14-5-3-7-17-11-14)9-16(19)18-13(2)10-15-6-4-8-20-15/h4,6,8,12-14,17H,3,5,7,9-11H2,1-2H3,(H,18,19). The Morgan fingerprint density at radius 3 is 3.05 bits per heavy atom. The summed E-state index contributed by atoms with van der Waals surface area (Å²) in [4.78, 5) is 13.4. The quantitative estimate of drug-likeness (QED) is 0.847. The van der Waals surface area contributed by atoms with Crippen molar-refractivity contribution in [3.63, 3.8) is 0 Å². The van der Waals surface area contributed by atoms with Crippen molar-refractivity contribution >= 4 is 17.2 Å². The molecular weight excluding hydrogens is 268 g/mol. The third-order valence-electron chi connectivity index (χ3n) is 4.14. The summed E-state index contributed by atoms with van der Waals surface area (Å²) in [7, 11) is 0. The van der Waals surface area contributed by atoms with Gasteiger partial charge >= 0.3 is 0 Å². The van der Waals surface area contributed by atoms with E-state index < -0.39 is 0 Å². The molecule has 0 bridgehead atoms. The molecular formula is C16H26N2OS. The summed E-state index contributed by atoms with van der Waals surface area (Å²) >= 11 is 1.76. The van der Waals surface area contributed by atoms with Gasteiger partial charge in [0.05, 0.1) is 0 Å². The SMILES string of the molecule is CC(Cc1cccs1)NC(=O)CC(C)C1CCCNC1. The molecule has 1 aliphatic heterocycles. The molecule has 1 aromatic rings. The molecule has 0 radical (unpaired) electrons. The zero-order valence-electron chi connectivity index (χ0n) is 12.5. The number of thiophene rings is 1. The minimum Gasteiger partial charge on any atom is -0.353 e. The molecule has 0 spiro atoms. The molecule has 0 aromatic carbocycles. The number of nitrogens with one attached hydrogen (secondary N) is 2. The van der Waals surface area contributed by atoms with Crippen LogP contribution in [-0.4, -0.2) is 25.0 Å². The van der Waals surface area contributed by atoms with Gasteiger partial charge in [-0.15, -0.1) is 11.3 Å². The smallest absolute Gasteiger partial charge is 0.220 e. The summed E-state index contributed by atoms with van der Waals surface area (Å²) in [6.07, 6.45) is 4.08. The van der Waals surface area contributed by atoms with Crippen molar-refractivity contribution in [2.75, 3.05) is 13.1 Å². The average Bonchev–Trinajstić information content (AvgIpc) is 2.92. The van der Waals surface area contributed by atoms with Gasteiger partial charge in [0.25, 0.3) is 0 Å². The molecule has 3 unspecified atom stereocenters. The van der Waals surface area contributed by atoms with Crippen LogP contribution in [0.5, 0.6) is 0 Å². The van der Waals surface area contributed by atoms with Crippen molar-refractivity contribution in [2.45, 2.75) is 45.6 Å². The maximum atomic E-state index is 12.1. The lowest BCUT2D eigenvalue weighted by Crippen LogP contribution is -2.38. The Hall–Kier alpha value is -0.870. The van der Waals surface area contributed by atoms with Gasteiger partial charge in [-0.3, -0.25) is 4.79 Å². The Labute approximate surface area is 126 Å². The molecule has 4 heteroatoms. The summed E-state index contributed by atoms with van der Waals surface area (Å²) in [6.45, 7) is 6.50. The molecule has 3 atom stereocenters. The number of hydrogen-bond acceptors (Lipinski definition) is 3. The van der Waals surface area contributed by atoms with Gasteiger partial charge in [-0.25, -0.2) is 0 Å². The highest BCUT2D eigenvalue weighted by atomic mass is 32.1. The van der Waals surface area contributed by atoms with Crippen molar-refractivity contribution < 1.29 is 4.79 Å². The van der Waals surface area contributed by atoms with E-state index in [0.717, 1.165) is 19.5 Å². The molecule has 1 fully saturated rings. The van der Waals surface area contributed by atoms with Gasteiger partial charge in [0, 0.05) is 23.8 Å².